The van der Waals surface area contributed by atoms with Gasteiger partial charge in [-0.3, -0.25) is 4.98 Å². The molecule has 4 unspecified atom stereocenters. The minimum absolute atomic E-state index is 0.112. The number of hydrogen-bond acceptors (Lipinski definition) is 3. The Bertz CT molecular complexity index is 644. The number of aromatic nitrogens is 1. The molecule has 4 atom stereocenters. The second-order valence-corrected chi connectivity index (χ2v) is 11.0. The second kappa shape index (κ2) is 18.0. The van der Waals surface area contributed by atoms with Crippen molar-refractivity contribution in [3.05, 3.63) is 30.1 Å². The van der Waals surface area contributed by atoms with Crippen LogP contribution in [0.4, 0.5) is 0 Å². The Morgan fingerprint density at radius 3 is 2.35 bits per heavy atom. The van der Waals surface area contributed by atoms with Gasteiger partial charge in [0.25, 0.3) is 0 Å². The van der Waals surface area contributed by atoms with Crippen molar-refractivity contribution in [2.75, 3.05) is 6.61 Å². The first-order valence-corrected chi connectivity index (χ1v) is 14.5. The van der Waals surface area contributed by atoms with Crippen LogP contribution in [-0.4, -0.2) is 17.3 Å². The average Bonchev–Trinajstić information content (AvgIpc) is 2.87. The summed E-state index contributed by atoms with van der Waals surface area (Å²) in [5.74, 6) is 2.26. The lowest BCUT2D eigenvalue weighted by Crippen LogP contribution is -2.39. The highest BCUT2D eigenvalue weighted by Crippen LogP contribution is 2.41. The van der Waals surface area contributed by atoms with Crippen LogP contribution in [0.2, 0.25) is 0 Å². The molecule has 0 saturated carbocycles. The molecule has 0 aromatic carbocycles. The lowest BCUT2D eigenvalue weighted by Gasteiger charge is -2.39. The van der Waals surface area contributed by atoms with E-state index >= 15 is 0 Å². The highest BCUT2D eigenvalue weighted by molar-refractivity contribution is 5.90. The zero-order valence-corrected chi connectivity index (χ0v) is 23.7. The topological polar surface area (TPSA) is 34.5 Å². The SMILES string of the molecule is CCCC(Cc1cccnc1)(CC(C)CC)C1=NOCC(CC)C1.CCCCCCC(C)CC. The molecule has 0 aliphatic carbocycles. The first-order valence-electron chi connectivity index (χ1n) is 14.5. The normalized spacial score (nSPS) is 19.1. The maximum Gasteiger partial charge on any atom is 0.120 e. The molecule has 0 saturated heterocycles. The molecule has 2 heterocycles. The van der Waals surface area contributed by atoms with Crippen LogP contribution in [-0.2, 0) is 11.3 Å². The van der Waals surface area contributed by atoms with Gasteiger partial charge in [0.2, 0.25) is 0 Å². The molecule has 0 N–H and O–H groups in total. The van der Waals surface area contributed by atoms with Crippen molar-refractivity contribution in [1.29, 1.82) is 0 Å². The van der Waals surface area contributed by atoms with E-state index in [1.165, 1.54) is 75.5 Å². The molecule has 196 valence electrons. The maximum absolute atomic E-state index is 5.66. The van der Waals surface area contributed by atoms with Crippen molar-refractivity contribution < 1.29 is 4.84 Å². The van der Waals surface area contributed by atoms with E-state index in [1.54, 1.807) is 0 Å². The lowest BCUT2D eigenvalue weighted by atomic mass is 9.66. The summed E-state index contributed by atoms with van der Waals surface area (Å²) in [7, 11) is 0. The molecule has 0 spiro atoms. The van der Waals surface area contributed by atoms with Crippen LogP contribution in [0.5, 0.6) is 0 Å². The fourth-order valence-corrected chi connectivity index (χ4v) is 5.10. The van der Waals surface area contributed by atoms with Crippen LogP contribution in [0.15, 0.2) is 29.7 Å². The van der Waals surface area contributed by atoms with Gasteiger partial charge >= 0.3 is 0 Å². The van der Waals surface area contributed by atoms with E-state index in [9.17, 15) is 0 Å². The van der Waals surface area contributed by atoms with Crippen molar-refractivity contribution in [2.24, 2.45) is 28.3 Å². The minimum Gasteiger partial charge on any atom is -0.396 e. The number of rotatable bonds is 15. The van der Waals surface area contributed by atoms with E-state index in [0.29, 0.717) is 11.8 Å². The summed E-state index contributed by atoms with van der Waals surface area (Å²) in [6.07, 6.45) is 20.4. The highest BCUT2D eigenvalue weighted by Gasteiger charge is 2.39. The van der Waals surface area contributed by atoms with Gasteiger partial charge in [-0.1, -0.05) is 111 Å². The van der Waals surface area contributed by atoms with Crippen molar-refractivity contribution in [1.82, 2.24) is 4.98 Å². The average molecular weight is 473 g/mol. The Kier molecular flexibility index (Phi) is 16.2. The van der Waals surface area contributed by atoms with Gasteiger partial charge in [-0.25, -0.2) is 0 Å². The number of pyridine rings is 1. The molecular formula is C31H56N2O. The minimum atomic E-state index is 0.112. The number of oxime groups is 1. The quantitative estimate of drug-likeness (QED) is 0.238. The number of unbranched alkanes of at least 4 members (excludes halogenated alkanes) is 3. The number of nitrogens with zero attached hydrogens (tertiary/aromatic N) is 2. The summed E-state index contributed by atoms with van der Waals surface area (Å²) >= 11 is 0. The van der Waals surface area contributed by atoms with E-state index in [1.807, 2.05) is 18.5 Å². The van der Waals surface area contributed by atoms with Crippen LogP contribution in [0.25, 0.3) is 0 Å². The van der Waals surface area contributed by atoms with E-state index in [0.717, 1.165) is 31.8 Å². The smallest absolute Gasteiger partial charge is 0.120 e. The summed E-state index contributed by atoms with van der Waals surface area (Å²) in [4.78, 5) is 10.00. The predicted molar refractivity (Wildman–Crippen MR) is 149 cm³/mol. The second-order valence-electron chi connectivity index (χ2n) is 11.0. The van der Waals surface area contributed by atoms with E-state index in [4.69, 9.17) is 4.84 Å². The fraction of sp³-hybridized carbons (Fsp3) is 0.806. The molecule has 1 aliphatic rings. The third kappa shape index (κ3) is 11.4. The highest BCUT2D eigenvalue weighted by atomic mass is 16.6. The molecule has 0 fully saturated rings. The van der Waals surface area contributed by atoms with Crippen LogP contribution < -0.4 is 0 Å². The standard InChI is InChI=1S/C21H34N2O.C10H22/c1-5-10-21(13-17(4)6-2,14-19-9-8-11-22-15-19)20-12-18(7-3)16-24-23-20;1-4-6-7-8-9-10(3)5-2/h8-9,11,15,17-18H,5-7,10,12-14,16H2,1-4H3;10H,4-9H2,1-3H3. The molecular weight excluding hydrogens is 416 g/mol. The third-order valence-electron chi connectivity index (χ3n) is 7.83. The molecule has 34 heavy (non-hydrogen) atoms. The van der Waals surface area contributed by atoms with Gasteiger partial charge in [-0.15, -0.1) is 0 Å². The van der Waals surface area contributed by atoms with Crippen molar-refractivity contribution in [3.63, 3.8) is 0 Å². The van der Waals surface area contributed by atoms with Crippen LogP contribution in [0.1, 0.15) is 131 Å². The summed E-state index contributed by atoms with van der Waals surface area (Å²) in [6.45, 7) is 16.9. The Morgan fingerprint density at radius 2 is 1.76 bits per heavy atom. The van der Waals surface area contributed by atoms with Crippen molar-refractivity contribution in [2.45, 2.75) is 132 Å². The molecule has 2 rings (SSSR count). The summed E-state index contributed by atoms with van der Waals surface area (Å²) < 4.78 is 0. The zero-order chi connectivity index (χ0) is 25.2. The molecule has 0 amide bonds. The lowest BCUT2D eigenvalue weighted by molar-refractivity contribution is 0.0831. The Hall–Kier alpha value is -1.38. The van der Waals surface area contributed by atoms with Gasteiger partial charge in [0.15, 0.2) is 0 Å². The Labute approximate surface area is 212 Å². The van der Waals surface area contributed by atoms with Crippen LogP contribution >= 0.6 is 0 Å². The predicted octanol–water partition coefficient (Wildman–Crippen LogP) is 9.65. The largest absolute Gasteiger partial charge is 0.396 e. The van der Waals surface area contributed by atoms with E-state index in [2.05, 4.69) is 64.7 Å². The maximum atomic E-state index is 5.66. The van der Waals surface area contributed by atoms with Crippen LogP contribution in [0.3, 0.4) is 0 Å². The van der Waals surface area contributed by atoms with Crippen LogP contribution in [0, 0.1) is 23.2 Å². The molecule has 3 nitrogen and oxygen atoms in total. The van der Waals surface area contributed by atoms with Gasteiger partial charge in [-0.05, 0) is 55.6 Å². The fourth-order valence-electron chi connectivity index (χ4n) is 5.10. The first kappa shape index (κ1) is 30.7. The van der Waals surface area contributed by atoms with Gasteiger partial charge in [0.05, 0.1) is 5.71 Å². The summed E-state index contributed by atoms with van der Waals surface area (Å²) in [5, 5.41) is 4.60. The monoisotopic (exact) mass is 472 g/mol. The first-order chi connectivity index (χ1) is 16.4. The summed E-state index contributed by atoms with van der Waals surface area (Å²) in [6, 6.07) is 4.25. The molecule has 0 bridgehead atoms. The van der Waals surface area contributed by atoms with Gasteiger partial charge < -0.3 is 4.84 Å². The number of hydrogen-bond donors (Lipinski definition) is 0. The summed E-state index contributed by atoms with van der Waals surface area (Å²) in [5.41, 5.74) is 2.73. The van der Waals surface area contributed by atoms with Gasteiger partial charge in [0.1, 0.15) is 6.61 Å². The van der Waals surface area contributed by atoms with Crippen molar-refractivity contribution >= 4 is 5.71 Å². The Morgan fingerprint density at radius 1 is 1.00 bits per heavy atom. The van der Waals surface area contributed by atoms with Gasteiger partial charge in [0, 0.05) is 23.7 Å². The van der Waals surface area contributed by atoms with E-state index in [-0.39, 0.29) is 5.41 Å². The van der Waals surface area contributed by atoms with Crippen molar-refractivity contribution in [3.8, 4) is 0 Å². The molecule has 1 aromatic heterocycles. The van der Waals surface area contributed by atoms with Gasteiger partial charge in [-0.2, -0.15) is 0 Å². The molecule has 1 aliphatic heterocycles. The van der Waals surface area contributed by atoms with E-state index < -0.39 is 0 Å². The molecule has 1 aromatic rings. The Balaban J connectivity index is 0.000000489. The molecule has 3 heteroatoms. The molecule has 0 radical (unpaired) electrons. The third-order valence-corrected chi connectivity index (χ3v) is 7.83. The zero-order valence-electron chi connectivity index (χ0n) is 23.7.